The summed E-state index contributed by atoms with van der Waals surface area (Å²) in [4.78, 5) is 17.8. The van der Waals surface area contributed by atoms with Gasteiger partial charge < -0.3 is 14.8 Å². The number of anilines is 1. The molecule has 1 atom stereocenters. The Bertz CT molecular complexity index is 1130. The van der Waals surface area contributed by atoms with Crippen LogP contribution in [0.5, 0.6) is 5.75 Å². The normalized spacial score (nSPS) is 15.4. The molecule has 3 aromatic rings. The molecule has 31 heavy (non-hydrogen) atoms. The fourth-order valence-electron chi connectivity index (χ4n) is 3.84. The van der Waals surface area contributed by atoms with Crippen LogP contribution in [0.1, 0.15) is 38.3 Å². The van der Waals surface area contributed by atoms with Gasteiger partial charge in [0.15, 0.2) is 0 Å². The average molecular weight is 418 g/mol. The smallest absolute Gasteiger partial charge is 0.338 e. The summed E-state index contributed by atoms with van der Waals surface area (Å²) in [5.74, 6) is 1.15. The maximum Gasteiger partial charge on any atom is 0.338 e. The van der Waals surface area contributed by atoms with E-state index < -0.39 is 0 Å². The summed E-state index contributed by atoms with van der Waals surface area (Å²) in [6.07, 6.45) is 3.67. The number of benzene rings is 2. The van der Waals surface area contributed by atoms with Gasteiger partial charge in [0.05, 0.1) is 29.3 Å². The summed E-state index contributed by atoms with van der Waals surface area (Å²) in [6.45, 7) is 8.51. The lowest BCUT2D eigenvalue weighted by Crippen LogP contribution is -2.29. The van der Waals surface area contributed by atoms with Crippen molar-refractivity contribution in [1.29, 1.82) is 0 Å². The molecule has 6 nitrogen and oxygen atoms in total. The number of fused-ring (bicyclic) bond motifs is 3. The van der Waals surface area contributed by atoms with E-state index in [4.69, 9.17) is 14.5 Å². The van der Waals surface area contributed by atoms with Gasteiger partial charge in [-0.25, -0.2) is 9.78 Å². The van der Waals surface area contributed by atoms with Gasteiger partial charge in [-0.3, -0.25) is 4.57 Å². The highest BCUT2D eigenvalue weighted by atomic mass is 16.5. The summed E-state index contributed by atoms with van der Waals surface area (Å²) in [5, 5.41) is 3.28. The van der Waals surface area contributed by atoms with Crippen LogP contribution in [0.25, 0.3) is 11.0 Å². The van der Waals surface area contributed by atoms with Crippen molar-refractivity contribution in [2.24, 2.45) is 0 Å². The van der Waals surface area contributed by atoms with E-state index in [9.17, 15) is 4.79 Å². The molecule has 160 valence electrons. The molecule has 1 N–H and O–H groups in total. The predicted octanol–water partition coefficient (Wildman–Crippen LogP) is 5.23. The molecule has 6 heteroatoms. The molecule has 1 aromatic heterocycles. The Morgan fingerprint density at radius 1 is 1.23 bits per heavy atom. The number of esters is 1. The summed E-state index contributed by atoms with van der Waals surface area (Å²) >= 11 is 0. The third-order valence-corrected chi connectivity index (χ3v) is 5.35. The number of nitrogens with one attached hydrogen (secondary N) is 1. The molecule has 0 spiro atoms. The van der Waals surface area contributed by atoms with E-state index in [1.807, 2.05) is 55.5 Å². The second-order valence-electron chi connectivity index (χ2n) is 7.52. The Morgan fingerprint density at radius 3 is 2.74 bits per heavy atom. The summed E-state index contributed by atoms with van der Waals surface area (Å²) in [7, 11) is 0. The van der Waals surface area contributed by atoms with Crippen molar-refractivity contribution in [3.8, 4) is 5.75 Å². The van der Waals surface area contributed by atoms with Crippen LogP contribution < -0.4 is 10.1 Å². The SMILES string of the molecule is C=CCOC(=O)C1=C(C)Nc2nc3ccccc3n2[C@@H]1c1ccc(OCCCC)cc1. The van der Waals surface area contributed by atoms with Gasteiger partial charge in [-0.05, 0) is 43.2 Å². The van der Waals surface area contributed by atoms with Crippen LogP contribution >= 0.6 is 0 Å². The van der Waals surface area contributed by atoms with Crippen LogP contribution in [0.3, 0.4) is 0 Å². The van der Waals surface area contributed by atoms with E-state index in [-0.39, 0.29) is 18.6 Å². The number of para-hydroxylation sites is 2. The molecule has 0 saturated heterocycles. The molecule has 1 aliphatic rings. The third kappa shape index (κ3) is 4.06. The Kier molecular flexibility index (Phi) is 6.07. The number of unbranched alkanes of at least 4 members (excludes halogenated alkanes) is 1. The van der Waals surface area contributed by atoms with E-state index in [1.165, 1.54) is 0 Å². The third-order valence-electron chi connectivity index (χ3n) is 5.35. The van der Waals surface area contributed by atoms with Gasteiger partial charge in [0.2, 0.25) is 5.95 Å². The van der Waals surface area contributed by atoms with Gasteiger partial charge in [0, 0.05) is 5.70 Å². The van der Waals surface area contributed by atoms with E-state index in [1.54, 1.807) is 6.08 Å². The lowest BCUT2D eigenvalue weighted by molar-refractivity contribution is -0.138. The van der Waals surface area contributed by atoms with Gasteiger partial charge >= 0.3 is 5.97 Å². The van der Waals surface area contributed by atoms with Crippen molar-refractivity contribution in [3.63, 3.8) is 0 Å². The number of ether oxygens (including phenoxy) is 2. The molecule has 0 radical (unpaired) electrons. The number of hydrogen-bond acceptors (Lipinski definition) is 5. The van der Waals surface area contributed by atoms with Crippen molar-refractivity contribution in [2.75, 3.05) is 18.5 Å². The Labute approximate surface area is 182 Å². The van der Waals surface area contributed by atoms with Crippen molar-refractivity contribution >= 4 is 23.0 Å². The Morgan fingerprint density at radius 2 is 2.00 bits per heavy atom. The van der Waals surface area contributed by atoms with Crippen molar-refractivity contribution in [1.82, 2.24) is 9.55 Å². The van der Waals surface area contributed by atoms with Gasteiger partial charge in [-0.15, -0.1) is 0 Å². The highest BCUT2D eigenvalue weighted by Crippen LogP contribution is 2.39. The molecule has 0 amide bonds. The number of carbonyl (C=O) groups excluding carboxylic acids is 1. The van der Waals surface area contributed by atoms with Crippen molar-refractivity contribution in [3.05, 3.63) is 78.0 Å². The first-order valence-corrected chi connectivity index (χ1v) is 10.6. The van der Waals surface area contributed by atoms with Gasteiger partial charge in [-0.1, -0.05) is 50.3 Å². The first-order chi connectivity index (χ1) is 15.1. The lowest BCUT2D eigenvalue weighted by Gasteiger charge is -2.30. The Hall–Kier alpha value is -3.54. The van der Waals surface area contributed by atoms with Crippen LogP contribution in [0.2, 0.25) is 0 Å². The highest BCUT2D eigenvalue weighted by Gasteiger charge is 2.34. The maximum absolute atomic E-state index is 13.0. The first kappa shape index (κ1) is 20.7. The van der Waals surface area contributed by atoms with Crippen LogP contribution in [0.15, 0.2) is 72.5 Å². The van der Waals surface area contributed by atoms with E-state index >= 15 is 0 Å². The minimum Gasteiger partial charge on any atom is -0.494 e. The standard InChI is InChI=1S/C25H27N3O3/c1-4-6-16-30-19-13-11-18(12-14-19)23-22(24(29)31-15-5-2)17(3)26-25-27-20-9-7-8-10-21(20)28(23)25/h5,7-14,23H,2,4,6,15-16H2,1,3H3,(H,26,27)/t23-/m1/s1. The number of rotatable bonds is 8. The Balaban J connectivity index is 1.79. The fourth-order valence-corrected chi connectivity index (χ4v) is 3.84. The zero-order chi connectivity index (χ0) is 21.8. The molecule has 0 fully saturated rings. The quantitative estimate of drug-likeness (QED) is 0.309. The first-order valence-electron chi connectivity index (χ1n) is 10.6. The molecule has 1 aliphatic heterocycles. The highest BCUT2D eigenvalue weighted by molar-refractivity contribution is 5.94. The molecule has 0 bridgehead atoms. The molecule has 4 rings (SSSR count). The van der Waals surface area contributed by atoms with Crippen molar-refractivity contribution < 1.29 is 14.3 Å². The average Bonchev–Trinajstić information content (AvgIpc) is 3.15. The second kappa shape index (κ2) is 9.08. The monoisotopic (exact) mass is 417 g/mol. The van der Waals surface area contributed by atoms with Crippen LogP contribution in [0.4, 0.5) is 5.95 Å². The van der Waals surface area contributed by atoms with E-state index in [2.05, 4.69) is 23.4 Å². The van der Waals surface area contributed by atoms with Crippen LogP contribution in [0, 0.1) is 0 Å². The molecule has 2 heterocycles. The van der Waals surface area contributed by atoms with Crippen LogP contribution in [-0.4, -0.2) is 28.7 Å². The number of nitrogens with zero attached hydrogens (tertiary/aromatic N) is 2. The summed E-state index contributed by atoms with van der Waals surface area (Å²) < 4.78 is 13.3. The summed E-state index contributed by atoms with van der Waals surface area (Å²) in [5.41, 5.74) is 4.05. The number of aromatic nitrogens is 2. The predicted molar refractivity (Wildman–Crippen MR) is 122 cm³/mol. The van der Waals surface area contributed by atoms with E-state index in [0.29, 0.717) is 18.1 Å². The topological polar surface area (TPSA) is 65.4 Å². The minimum absolute atomic E-state index is 0.157. The maximum atomic E-state index is 13.0. The van der Waals surface area contributed by atoms with Gasteiger partial charge in [0.25, 0.3) is 0 Å². The number of hydrogen-bond donors (Lipinski definition) is 1. The molecule has 2 aromatic carbocycles. The molecule has 0 saturated carbocycles. The fraction of sp³-hybridized carbons (Fsp3) is 0.280. The minimum atomic E-state index is -0.374. The van der Waals surface area contributed by atoms with Gasteiger partial charge in [-0.2, -0.15) is 0 Å². The number of imidazole rings is 1. The largest absolute Gasteiger partial charge is 0.494 e. The number of carbonyl (C=O) groups is 1. The van der Waals surface area contributed by atoms with Crippen LogP contribution in [-0.2, 0) is 9.53 Å². The molecule has 0 aliphatic carbocycles. The molecular weight excluding hydrogens is 390 g/mol. The van der Waals surface area contributed by atoms with E-state index in [0.717, 1.165) is 40.9 Å². The molecule has 0 unspecified atom stereocenters. The lowest BCUT2D eigenvalue weighted by atomic mass is 9.95. The summed E-state index contributed by atoms with van der Waals surface area (Å²) in [6, 6.07) is 15.4. The zero-order valence-electron chi connectivity index (χ0n) is 17.9. The van der Waals surface area contributed by atoms with Crippen molar-refractivity contribution in [2.45, 2.75) is 32.7 Å². The second-order valence-corrected chi connectivity index (χ2v) is 7.52. The zero-order valence-corrected chi connectivity index (χ0v) is 17.9. The molecular formula is C25H27N3O3. The number of allylic oxidation sites excluding steroid dienone is 1. The van der Waals surface area contributed by atoms with Gasteiger partial charge in [0.1, 0.15) is 12.4 Å².